The van der Waals surface area contributed by atoms with Gasteiger partial charge in [0.05, 0.1) is 11.4 Å². The number of carbonyl (C=O) groups excluding carboxylic acids is 2. The molecule has 1 N–H and O–H groups in total. The largest absolute Gasteiger partial charge is 0.545 e. The quantitative estimate of drug-likeness (QED) is 0.822. The number of rotatable bonds is 5. The predicted octanol–water partition coefficient (Wildman–Crippen LogP) is 3.57. The number of fused-ring (bicyclic) bond motifs is 2. The van der Waals surface area contributed by atoms with E-state index in [0.717, 1.165) is 24.8 Å². The van der Waals surface area contributed by atoms with Gasteiger partial charge in [0.25, 0.3) is 0 Å². The van der Waals surface area contributed by atoms with Gasteiger partial charge in [-0.2, -0.15) is 0 Å². The zero-order chi connectivity index (χ0) is 19.3. The highest BCUT2D eigenvalue weighted by Crippen LogP contribution is 2.65. The lowest BCUT2D eigenvalue weighted by atomic mass is 9.68. The summed E-state index contributed by atoms with van der Waals surface area (Å²) >= 11 is 0. The van der Waals surface area contributed by atoms with Crippen LogP contribution in [0.5, 0.6) is 0 Å². The van der Waals surface area contributed by atoms with Gasteiger partial charge in [0.1, 0.15) is 0 Å². The number of aromatic carboxylic acids is 1. The number of amides is 1. The van der Waals surface area contributed by atoms with E-state index in [9.17, 15) is 14.7 Å². The molecule has 1 amide bonds. The monoisotopic (exact) mass is 354 g/mol. The number of carboxylic acid groups (broad SMARTS) is 1. The first kappa shape index (κ1) is 18.7. The standard InChI is InChI=1S/C22H29NO3/c1-13(2)10-15-11-17(6-7-18(15)19(24)25)23-20(26)22-9-8-16(12-22)21(4,5)14(22)3/h6-7,11,13,16H,3,8-10,12H2,1-2,4-5H3,(H,23,26)(H,24,25)/p-1. The van der Waals surface area contributed by atoms with Crippen LogP contribution >= 0.6 is 0 Å². The molecular weight excluding hydrogens is 326 g/mol. The summed E-state index contributed by atoms with van der Waals surface area (Å²) in [6.07, 6.45) is 3.39. The number of hydrogen-bond acceptors (Lipinski definition) is 3. The molecule has 2 aliphatic rings. The van der Waals surface area contributed by atoms with Crippen molar-refractivity contribution in [2.24, 2.45) is 22.7 Å². The lowest BCUT2D eigenvalue weighted by Crippen LogP contribution is -2.37. The molecule has 0 saturated heterocycles. The second-order valence-corrected chi connectivity index (χ2v) is 8.93. The van der Waals surface area contributed by atoms with E-state index in [4.69, 9.17) is 0 Å². The molecule has 2 aliphatic carbocycles. The van der Waals surface area contributed by atoms with Crippen LogP contribution in [-0.2, 0) is 11.2 Å². The van der Waals surface area contributed by atoms with Gasteiger partial charge in [0, 0.05) is 11.3 Å². The zero-order valence-electron chi connectivity index (χ0n) is 16.1. The van der Waals surface area contributed by atoms with E-state index in [-0.39, 0.29) is 16.9 Å². The third kappa shape index (κ3) is 2.85. The average molecular weight is 354 g/mol. The first-order valence-electron chi connectivity index (χ1n) is 9.43. The fourth-order valence-corrected chi connectivity index (χ4v) is 4.87. The molecule has 140 valence electrons. The van der Waals surface area contributed by atoms with E-state index < -0.39 is 11.4 Å². The molecule has 0 aliphatic heterocycles. The molecule has 1 aromatic rings. The van der Waals surface area contributed by atoms with Crippen molar-refractivity contribution < 1.29 is 14.7 Å². The summed E-state index contributed by atoms with van der Waals surface area (Å²) in [4.78, 5) is 24.5. The van der Waals surface area contributed by atoms with Crippen molar-refractivity contribution in [3.63, 3.8) is 0 Å². The number of benzene rings is 1. The summed E-state index contributed by atoms with van der Waals surface area (Å²) in [6, 6.07) is 4.96. The molecule has 4 heteroatoms. The second kappa shape index (κ2) is 6.26. The van der Waals surface area contributed by atoms with Gasteiger partial charge in [-0.15, -0.1) is 0 Å². The van der Waals surface area contributed by atoms with Crippen LogP contribution in [0.3, 0.4) is 0 Å². The number of carbonyl (C=O) groups is 2. The lowest BCUT2D eigenvalue weighted by molar-refractivity contribution is -0.255. The van der Waals surface area contributed by atoms with Crippen LogP contribution in [-0.4, -0.2) is 11.9 Å². The molecule has 1 aromatic carbocycles. The molecule has 2 fully saturated rings. The SMILES string of the molecule is C=C1C2(C(=O)Nc3ccc(C(=O)[O-])c(CC(C)C)c3)CCC(C2)C1(C)C. The van der Waals surface area contributed by atoms with Crippen molar-refractivity contribution >= 4 is 17.6 Å². The Balaban J connectivity index is 1.86. The highest BCUT2D eigenvalue weighted by Gasteiger charge is 2.60. The van der Waals surface area contributed by atoms with Gasteiger partial charge in [-0.1, -0.05) is 45.9 Å². The van der Waals surface area contributed by atoms with Gasteiger partial charge in [-0.3, -0.25) is 4.79 Å². The summed E-state index contributed by atoms with van der Waals surface area (Å²) < 4.78 is 0. The summed E-state index contributed by atoms with van der Waals surface area (Å²) in [7, 11) is 0. The number of anilines is 1. The van der Waals surface area contributed by atoms with Crippen molar-refractivity contribution in [2.45, 2.75) is 53.4 Å². The summed E-state index contributed by atoms with van der Waals surface area (Å²) in [6.45, 7) is 12.7. The summed E-state index contributed by atoms with van der Waals surface area (Å²) in [5.41, 5.74) is 2.09. The van der Waals surface area contributed by atoms with Crippen LogP contribution in [0.1, 0.15) is 62.9 Å². The first-order chi connectivity index (χ1) is 12.1. The third-order valence-corrected chi connectivity index (χ3v) is 6.54. The fraction of sp³-hybridized carbons (Fsp3) is 0.545. The number of hydrogen-bond donors (Lipinski definition) is 1. The summed E-state index contributed by atoms with van der Waals surface area (Å²) in [5.74, 6) is -0.365. The maximum absolute atomic E-state index is 13.1. The third-order valence-electron chi connectivity index (χ3n) is 6.54. The molecular formula is C22H28NO3-. The normalized spacial score (nSPS) is 26.3. The Bertz CT molecular complexity index is 778. The van der Waals surface area contributed by atoms with Crippen LogP contribution in [0, 0.1) is 22.7 Å². The van der Waals surface area contributed by atoms with E-state index >= 15 is 0 Å². The molecule has 0 radical (unpaired) electrons. The van der Waals surface area contributed by atoms with Gasteiger partial charge in [-0.05, 0) is 60.6 Å². The second-order valence-electron chi connectivity index (χ2n) is 8.93. The first-order valence-corrected chi connectivity index (χ1v) is 9.43. The highest BCUT2D eigenvalue weighted by molar-refractivity contribution is 5.99. The van der Waals surface area contributed by atoms with Crippen molar-refractivity contribution in [3.05, 3.63) is 41.5 Å². The van der Waals surface area contributed by atoms with E-state index in [1.165, 1.54) is 6.07 Å². The van der Waals surface area contributed by atoms with E-state index in [1.807, 2.05) is 13.8 Å². The lowest BCUT2D eigenvalue weighted by Gasteiger charge is -2.37. The van der Waals surface area contributed by atoms with Gasteiger partial charge < -0.3 is 15.2 Å². The minimum Gasteiger partial charge on any atom is -0.545 e. The molecule has 2 bridgehead atoms. The molecule has 4 nitrogen and oxygen atoms in total. The van der Waals surface area contributed by atoms with Crippen molar-refractivity contribution in [3.8, 4) is 0 Å². The molecule has 2 saturated carbocycles. The van der Waals surface area contributed by atoms with Gasteiger partial charge in [-0.25, -0.2) is 0 Å². The Labute approximate surface area is 155 Å². The molecule has 3 rings (SSSR count). The van der Waals surface area contributed by atoms with Crippen LogP contribution in [0.2, 0.25) is 0 Å². The smallest absolute Gasteiger partial charge is 0.234 e. The average Bonchev–Trinajstić information content (AvgIpc) is 3.06. The molecule has 0 aromatic heterocycles. The molecule has 0 heterocycles. The Hall–Kier alpha value is -2.10. The van der Waals surface area contributed by atoms with Gasteiger partial charge >= 0.3 is 0 Å². The van der Waals surface area contributed by atoms with Crippen molar-refractivity contribution in [2.75, 3.05) is 5.32 Å². The van der Waals surface area contributed by atoms with Crippen LogP contribution in [0.25, 0.3) is 0 Å². The Morgan fingerprint density at radius 2 is 2.04 bits per heavy atom. The molecule has 2 atom stereocenters. The Morgan fingerprint density at radius 3 is 2.58 bits per heavy atom. The topological polar surface area (TPSA) is 69.2 Å². The van der Waals surface area contributed by atoms with Crippen LogP contribution in [0.15, 0.2) is 30.4 Å². The molecule has 0 spiro atoms. The highest BCUT2D eigenvalue weighted by atomic mass is 16.4. The number of nitrogens with one attached hydrogen (secondary N) is 1. The van der Waals surface area contributed by atoms with Crippen LogP contribution in [0.4, 0.5) is 5.69 Å². The van der Waals surface area contributed by atoms with E-state index in [0.29, 0.717) is 29.5 Å². The van der Waals surface area contributed by atoms with Gasteiger partial charge in [0.15, 0.2) is 0 Å². The Morgan fingerprint density at radius 1 is 1.35 bits per heavy atom. The van der Waals surface area contributed by atoms with Crippen molar-refractivity contribution in [1.29, 1.82) is 0 Å². The maximum Gasteiger partial charge on any atom is 0.234 e. The maximum atomic E-state index is 13.1. The Kier molecular flexibility index (Phi) is 4.50. The fourth-order valence-electron chi connectivity index (χ4n) is 4.87. The van der Waals surface area contributed by atoms with E-state index in [2.05, 4.69) is 25.7 Å². The minimum absolute atomic E-state index is 0.00275. The van der Waals surface area contributed by atoms with Crippen molar-refractivity contribution in [1.82, 2.24) is 0 Å². The molecule has 26 heavy (non-hydrogen) atoms. The van der Waals surface area contributed by atoms with Crippen LogP contribution < -0.4 is 10.4 Å². The predicted molar refractivity (Wildman–Crippen MR) is 101 cm³/mol. The minimum atomic E-state index is -1.18. The van der Waals surface area contributed by atoms with E-state index in [1.54, 1.807) is 12.1 Å². The molecule has 2 unspecified atom stereocenters. The zero-order valence-corrected chi connectivity index (χ0v) is 16.1. The van der Waals surface area contributed by atoms with Gasteiger partial charge in [0.2, 0.25) is 5.91 Å². The number of carboxylic acids is 1. The summed E-state index contributed by atoms with van der Waals surface area (Å²) in [5, 5.41) is 14.4.